The number of amides is 1. The third-order valence-electron chi connectivity index (χ3n) is 5.76. The topological polar surface area (TPSA) is 55.1 Å². The molecule has 3 N–H and O–H groups in total. The second-order valence-corrected chi connectivity index (χ2v) is 6.78. The summed E-state index contributed by atoms with van der Waals surface area (Å²) in [6.07, 6.45) is 8.88. The molecule has 5 atom stereocenters. The summed E-state index contributed by atoms with van der Waals surface area (Å²) in [5.41, 5.74) is 6.23. The van der Waals surface area contributed by atoms with Crippen molar-refractivity contribution in [2.24, 2.45) is 29.4 Å². The summed E-state index contributed by atoms with van der Waals surface area (Å²) >= 11 is 0. The van der Waals surface area contributed by atoms with Crippen molar-refractivity contribution in [3.8, 4) is 0 Å². The predicted octanol–water partition coefficient (Wildman–Crippen LogP) is 2.05. The molecule has 3 heteroatoms. The van der Waals surface area contributed by atoms with E-state index in [-0.39, 0.29) is 17.9 Å². The normalized spacial score (nSPS) is 41.2. The van der Waals surface area contributed by atoms with Crippen LogP contribution in [0.4, 0.5) is 0 Å². The number of nitrogens with one attached hydrogen (secondary N) is 1. The van der Waals surface area contributed by atoms with Crippen molar-refractivity contribution in [3.63, 3.8) is 0 Å². The Kier molecular flexibility index (Phi) is 3.35. The summed E-state index contributed by atoms with van der Waals surface area (Å²) in [6, 6.07) is 0.464. The Bertz CT molecular complexity index is 322. The molecule has 1 amide bonds. The van der Waals surface area contributed by atoms with Gasteiger partial charge in [-0.3, -0.25) is 4.79 Å². The van der Waals surface area contributed by atoms with Crippen LogP contribution in [0.25, 0.3) is 0 Å². The van der Waals surface area contributed by atoms with Crippen LogP contribution in [0.5, 0.6) is 0 Å². The van der Waals surface area contributed by atoms with Gasteiger partial charge in [0.15, 0.2) is 0 Å². The van der Waals surface area contributed by atoms with Gasteiger partial charge in [0.05, 0.1) is 5.92 Å². The van der Waals surface area contributed by atoms with Crippen molar-refractivity contribution in [2.45, 2.75) is 64.0 Å². The van der Waals surface area contributed by atoms with Crippen LogP contribution in [0.15, 0.2) is 0 Å². The van der Waals surface area contributed by atoms with Crippen molar-refractivity contribution in [1.82, 2.24) is 5.32 Å². The van der Waals surface area contributed by atoms with Crippen LogP contribution in [0.2, 0.25) is 0 Å². The maximum absolute atomic E-state index is 12.4. The highest BCUT2D eigenvalue weighted by Gasteiger charge is 2.49. The van der Waals surface area contributed by atoms with E-state index in [1.165, 1.54) is 44.9 Å². The summed E-state index contributed by atoms with van der Waals surface area (Å²) in [5, 5.41) is 3.26. The molecule has 0 heterocycles. The van der Waals surface area contributed by atoms with Crippen molar-refractivity contribution in [1.29, 1.82) is 0 Å². The second kappa shape index (κ2) is 4.84. The number of hydrogen-bond donors (Lipinski definition) is 2. The molecule has 3 rings (SSSR count). The molecule has 0 spiro atoms. The minimum Gasteiger partial charge on any atom is -0.353 e. The Morgan fingerprint density at radius 3 is 2.44 bits per heavy atom. The highest BCUT2D eigenvalue weighted by Crippen LogP contribution is 2.47. The molecular formula is C15H26N2O. The van der Waals surface area contributed by atoms with Gasteiger partial charge in [0.2, 0.25) is 5.91 Å². The first kappa shape index (κ1) is 12.5. The van der Waals surface area contributed by atoms with Crippen LogP contribution >= 0.6 is 0 Å². The SMILES string of the molecule is CC(NC(=O)C1C2CCC(C2)C1N)C1CCCC1. The molecule has 0 aromatic rings. The highest BCUT2D eigenvalue weighted by molar-refractivity contribution is 5.80. The van der Waals surface area contributed by atoms with E-state index >= 15 is 0 Å². The van der Waals surface area contributed by atoms with Gasteiger partial charge < -0.3 is 11.1 Å². The highest BCUT2D eigenvalue weighted by atomic mass is 16.2. The molecule has 5 unspecified atom stereocenters. The fourth-order valence-electron chi connectivity index (χ4n) is 4.62. The van der Waals surface area contributed by atoms with Crippen molar-refractivity contribution in [2.75, 3.05) is 0 Å². The average Bonchev–Trinajstić information content (AvgIpc) is 3.05. The molecule has 3 fully saturated rings. The lowest BCUT2D eigenvalue weighted by Gasteiger charge is -2.29. The van der Waals surface area contributed by atoms with Crippen molar-refractivity contribution < 1.29 is 4.79 Å². The summed E-state index contributed by atoms with van der Waals surface area (Å²) in [7, 11) is 0. The number of hydrogen-bond acceptors (Lipinski definition) is 2. The van der Waals surface area contributed by atoms with Crippen LogP contribution in [0, 0.1) is 23.7 Å². The first-order chi connectivity index (χ1) is 8.66. The third kappa shape index (κ3) is 2.07. The Labute approximate surface area is 110 Å². The van der Waals surface area contributed by atoms with Crippen LogP contribution in [0.3, 0.4) is 0 Å². The largest absolute Gasteiger partial charge is 0.353 e. The van der Waals surface area contributed by atoms with E-state index in [9.17, 15) is 4.79 Å². The Hall–Kier alpha value is -0.570. The monoisotopic (exact) mass is 250 g/mol. The van der Waals surface area contributed by atoms with Crippen LogP contribution < -0.4 is 11.1 Å². The fourth-order valence-corrected chi connectivity index (χ4v) is 4.62. The van der Waals surface area contributed by atoms with E-state index in [0.29, 0.717) is 23.8 Å². The first-order valence-corrected chi connectivity index (χ1v) is 7.72. The number of nitrogens with two attached hydrogens (primary N) is 1. The zero-order valence-electron chi connectivity index (χ0n) is 11.4. The summed E-state index contributed by atoms with van der Waals surface area (Å²) < 4.78 is 0. The summed E-state index contributed by atoms with van der Waals surface area (Å²) in [6.45, 7) is 2.17. The lowest BCUT2D eigenvalue weighted by atomic mass is 9.84. The number of carbonyl (C=O) groups excluding carboxylic acids is 1. The molecule has 0 aromatic heterocycles. The van der Waals surface area contributed by atoms with Gasteiger partial charge in [-0.05, 0) is 56.8 Å². The van der Waals surface area contributed by atoms with Crippen LogP contribution in [-0.2, 0) is 4.79 Å². The molecule has 0 saturated heterocycles. The molecule has 0 aromatic carbocycles. The lowest BCUT2D eigenvalue weighted by Crippen LogP contribution is -2.48. The quantitative estimate of drug-likeness (QED) is 0.805. The van der Waals surface area contributed by atoms with Crippen molar-refractivity contribution in [3.05, 3.63) is 0 Å². The van der Waals surface area contributed by atoms with Crippen LogP contribution in [0.1, 0.15) is 51.9 Å². The van der Waals surface area contributed by atoms with Gasteiger partial charge in [-0.2, -0.15) is 0 Å². The number of fused-ring (bicyclic) bond motifs is 2. The number of rotatable bonds is 3. The zero-order valence-corrected chi connectivity index (χ0v) is 11.4. The van der Waals surface area contributed by atoms with Gasteiger partial charge in [-0.1, -0.05) is 12.8 Å². The fraction of sp³-hybridized carbons (Fsp3) is 0.933. The van der Waals surface area contributed by atoms with Gasteiger partial charge in [-0.15, -0.1) is 0 Å². The minimum atomic E-state index is 0.104. The second-order valence-electron chi connectivity index (χ2n) is 6.78. The molecule has 3 saturated carbocycles. The Balaban J connectivity index is 1.58. The molecule has 102 valence electrons. The van der Waals surface area contributed by atoms with E-state index in [1.807, 2.05) is 0 Å². The molecule has 3 nitrogen and oxygen atoms in total. The minimum absolute atomic E-state index is 0.104. The van der Waals surface area contributed by atoms with E-state index < -0.39 is 0 Å². The molecule has 3 aliphatic rings. The smallest absolute Gasteiger partial charge is 0.225 e. The van der Waals surface area contributed by atoms with Gasteiger partial charge in [0.25, 0.3) is 0 Å². The zero-order chi connectivity index (χ0) is 12.7. The van der Waals surface area contributed by atoms with Crippen LogP contribution in [-0.4, -0.2) is 18.0 Å². The van der Waals surface area contributed by atoms with E-state index in [1.54, 1.807) is 0 Å². The molecule has 2 bridgehead atoms. The van der Waals surface area contributed by atoms with E-state index in [0.717, 1.165) is 0 Å². The van der Waals surface area contributed by atoms with Gasteiger partial charge in [-0.25, -0.2) is 0 Å². The van der Waals surface area contributed by atoms with Gasteiger partial charge in [0.1, 0.15) is 0 Å². The molecular weight excluding hydrogens is 224 g/mol. The summed E-state index contributed by atoms with van der Waals surface area (Å²) in [5.74, 6) is 2.23. The third-order valence-corrected chi connectivity index (χ3v) is 5.76. The molecule has 3 aliphatic carbocycles. The average molecular weight is 250 g/mol. The van der Waals surface area contributed by atoms with Gasteiger partial charge in [0, 0.05) is 12.1 Å². The predicted molar refractivity (Wildman–Crippen MR) is 71.9 cm³/mol. The maximum atomic E-state index is 12.4. The van der Waals surface area contributed by atoms with Crippen molar-refractivity contribution >= 4 is 5.91 Å². The molecule has 0 radical (unpaired) electrons. The lowest BCUT2D eigenvalue weighted by molar-refractivity contribution is -0.128. The maximum Gasteiger partial charge on any atom is 0.225 e. The number of carbonyl (C=O) groups is 1. The first-order valence-electron chi connectivity index (χ1n) is 7.72. The Morgan fingerprint density at radius 1 is 1.17 bits per heavy atom. The molecule has 18 heavy (non-hydrogen) atoms. The Morgan fingerprint density at radius 2 is 1.83 bits per heavy atom. The van der Waals surface area contributed by atoms with Gasteiger partial charge >= 0.3 is 0 Å². The van der Waals surface area contributed by atoms with E-state index in [2.05, 4.69) is 12.2 Å². The standard InChI is InChI=1S/C15H26N2O/c1-9(10-4-2-3-5-10)17-15(18)13-11-6-7-12(8-11)14(13)16/h9-14H,2-8,16H2,1H3,(H,17,18). The summed E-state index contributed by atoms with van der Waals surface area (Å²) in [4.78, 5) is 12.4. The van der Waals surface area contributed by atoms with E-state index in [4.69, 9.17) is 5.73 Å². The molecule has 0 aliphatic heterocycles.